The number of aromatic nitrogens is 2. The molecule has 0 aromatic carbocycles. The van der Waals surface area contributed by atoms with Gasteiger partial charge in [0.1, 0.15) is 17.8 Å². The molecule has 1 aromatic rings. The van der Waals surface area contributed by atoms with E-state index in [-0.39, 0.29) is 17.2 Å². The summed E-state index contributed by atoms with van der Waals surface area (Å²) in [5.41, 5.74) is 0.389. The molecule has 1 saturated heterocycles. The summed E-state index contributed by atoms with van der Waals surface area (Å²) in [5.74, 6) is 0. The first-order valence-electron chi connectivity index (χ1n) is 11.3. The van der Waals surface area contributed by atoms with Crippen LogP contribution in [0, 0.1) is 0 Å². The fourth-order valence-corrected chi connectivity index (χ4v) is 4.99. The number of aromatic amines is 1. The lowest BCUT2D eigenvalue weighted by Gasteiger charge is -2.39. The average Bonchev–Trinajstić information content (AvgIpc) is 3.18. The molecule has 0 spiro atoms. The zero-order valence-corrected chi connectivity index (χ0v) is 21.8. The molecule has 0 saturated carbocycles. The van der Waals surface area contributed by atoms with Gasteiger partial charge in [0.25, 0.3) is 5.56 Å². The number of allylic oxidation sites excluding steroid dienone is 1. The highest BCUT2D eigenvalue weighted by molar-refractivity contribution is 6.74. The molecule has 3 N–H and O–H groups in total. The second kappa shape index (κ2) is 8.64. The van der Waals surface area contributed by atoms with E-state index in [1.807, 2.05) is 0 Å². The number of hydrogen-bond acceptors (Lipinski definition) is 7. The number of ether oxygens (including phenoxy) is 1. The zero-order chi connectivity index (χ0) is 24.9. The Balaban J connectivity index is 2.00. The molecule has 2 heterocycles. The van der Waals surface area contributed by atoms with Gasteiger partial charge >= 0.3 is 6.09 Å². The van der Waals surface area contributed by atoms with Crippen LogP contribution in [-0.2, 0) is 15.6 Å². The molecule has 4 atom stereocenters. The number of nitrogens with zero attached hydrogens (tertiary/aromatic N) is 2. The summed E-state index contributed by atoms with van der Waals surface area (Å²) in [6.45, 7) is 15.8. The smallest absolute Gasteiger partial charge is 0.411 e. The summed E-state index contributed by atoms with van der Waals surface area (Å²) in [4.78, 5) is 33.8. The third-order valence-electron chi connectivity index (χ3n) is 6.82. The van der Waals surface area contributed by atoms with Crippen molar-refractivity contribution in [2.75, 3.05) is 6.61 Å². The van der Waals surface area contributed by atoms with Gasteiger partial charge in [-0.1, -0.05) is 26.8 Å². The van der Waals surface area contributed by atoms with E-state index in [0.29, 0.717) is 23.3 Å². The monoisotopic (exact) mass is 479 g/mol. The minimum atomic E-state index is -2.20. The zero-order valence-electron chi connectivity index (χ0n) is 20.8. The number of nitrogens with one attached hydrogen (secondary N) is 1. The van der Waals surface area contributed by atoms with Gasteiger partial charge in [-0.3, -0.25) is 9.69 Å². The van der Waals surface area contributed by atoms with Crippen LogP contribution < -0.4 is 5.56 Å². The highest BCUT2D eigenvalue weighted by Crippen LogP contribution is 2.40. The maximum atomic E-state index is 13.4. The molecule has 1 aliphatic carbocycles. The molecule has 0 unspecified atom stereocenters. The van der Waals surface area contributed by atoms with Crippen LogP contribution in [0.4, 0.5) is 4.79 Å². The lowest BCUT2D eigenvalue weighted by atomic mass is 9.99. The topological polar surface area (TPSA) is 125 Å². The van der Waals surface area contributed by atoms with Crippen LogP contribution in [0.1, 0.15) is 52.8 Å². The molecule has 1 aliphatic heterocycles. The van der Waals surface area contributed by atoms with Crippen molar-refractivity contribution >= 4 is 20.0 Å². The van der Waals surface area contributed by atoms with Crippen molar-refractivity contribution in [2.45, 2.75) is 96.0 Å². The van der Waals surface area contributed by atoms with Crippen molar-refractivity contribution in [2.24, 2.45) is 0 Å². The Bertz CT molecular complexity index is 991. The molecule has 2 aliphatic rings. The van der Waals surface area contributed by atoms with Gasteiger partial charge in [0.2, 0.25) is 0 Å². The van der Waals surface area contributed by atoms with Crippen molar-refractivity contribution in [3.8, 4) is 0 Å². The summed E-state index contributed by atoms with van der Waals surface area (Å²) in [7, 11) is -2.20. The molecular formula is C23H37N3O6Si. The van der Waals surface area contributed by atoms with Gasteiger partial charge in [0.05, 0.1) is 30.7 Å². The lowest BCUT2D eigenvalue weighted by molar-refractivity contribution is 0.00227. The van der Waals surface area contributed by atoms with E-state index in [1.54, 1.807) is 26.8 Å². The van der Waals surface area contributed by atoms with E-state index in [0.717, 1.165) is 0 Å². The number of carbonyl (C=O) groups excluding carboxylic acids is 1. The maximum Gasteiger partial charge on any atom is 0.411 e. The third-order valence-corrected chi connectivity index (χ3v) is 11.3. The Morgan fingerprint density at radius 2 is 1.85 bits per heavy atom. The number of hydrogen-bond donors (Lipinski definition) is 3. The van der Waals surface area contributed by atoms with Crippen LogP contribution >= 0.6 is 0 Å². The highest BCUT2D eigenvalue weighted by Gasteiger charge is 2.54. The summed E-state index contributed by atoms with van der Waals surface area (Å²) in [6, 6.07) is -1.74. The number of H-pyrrole nitrogens is 1. The van der Waals surface area contributed by atoms with Gasteiger partial charge in [0.15, 0.2) is 8.32 Å². The molecule has 33 heavy (non-hydrogen) atoms. The summed E-state index contributed by atoms with van der Waals surface area (Å²) >= 11 is 0. The molecule has 0 radical (unpaired) electrons. The molecule has 1 fully saturated rings. The van der Waals surface area contributed by atoms with Crippen LogP contribution in [-0.4, -0.2) is 76.0 Å². The summed E-state index contributed by atoms with van der Waals surface area (Å²) < 4.78 is 12.0. The fraction of sp³-hybridized carbons (Fsp3) is 0.696. The Morgan fingerprint density at radius 1 is 1.21 bits per heavy atom. The Morgan fingerprint density at radius 3 is 2.42 bits per heavy atom. The Kier molecular flexibility index (Phi) is 6.71. The first kappa shape index (κ1) is 25.6. The van der Waals surface area contributed by atoms with Crippen molar-refractivity contribution in [1.29, 1.82) is 0 Å². The number of carbonyl (C=O) groups is 1. The molecule has 1 aromatic heterocycles. The predicted octanol–water partition coefficient (Wildman–Crippen LogP) is 2.44. The van der Waals surface area contributed by atoms with Gasteiger partial charge in [-0.05, 0) is 45.3 Å². The van der Waals surface area contributed by atoms with E-state index in [4.69, 9.17) is 9.16 Å². The Labute approximate surface area is 196 Å². The van der Waals surface area contributed by atoms with Crippen molar-refractivity contribution in [1.82, 2.24) is 14.9 Å². The van der Waals surface area contributed by atoms with Crippen molar-refractivity contribution in [3.63, 3.8) is 0 Å². The SMILES string of the molecule is CC(C)(C)OC(=O)N1[C@H](CO[Si](C)(C)C(C)(C)C)[C@@H](O)[C@@H](O)[C@@H]1C1=CCc2c1nc[nH]c2=O. The minimum absolute atomic E-state index is 0.0629. The second-order valence-corrected chi connectivity index (χ2v) is 16.2. The van der Waals surface area contributed by atoms with E-state index in [2.05, 4.69) is 43.8 Å². The number of amides is 1. The lowest BCUT2D eigenvalue weighted by Crippen LogP contribution is -2.51. The molecule has 184 valence electrons. The average molecular weight is 480 g/mol. The number of rotatable bonds is 4. The van der Waals surface area contributed by atoms with Gasteiger partial charge in [-0.2, -0.15) is 0 Å². The van der Waals surface area contributed by atoms with Crippen LogP contribution in [0.5, 0.6) is 0 Å². The maximum absolute atomic E-state index is 13.4. The van der Waals surface area contributed by atoms with Crippen molar-refractivity contribution < 1.29 is 24.2 Å². The van der Waals surface area contributed by atoms with Gasteiger partial charge in [-0.25, -0.2) is 9.78 Å². The van der Waals surface area contributed by atoms with E-state index < -0.39 is 44.3 Å². The summed E-state index contributed by atoms with van der Waals surface area (Å²) in [6.07, 6.45) is 0.213. The van der Waals surface area contributed by atoms with E-state index >= 15 is 0 Å². The van der Waals surface area contributed by atoms with Gasteiger partial charge in [-0.15, -0.1) is 0 Å². The molecule has 3 rings (SSSR count). The first-order valence-corrected chi connectivity index (χ1v) is 14.2. The largest absolute Gasteiger partial charge is 0.444 e. The van der Waals surface area contributed by atoms with E-state index in [1.165, 1.54) is 11.2 Å². The predicted molar refractivity (Wildman–Crippen MR) is 127 cm³/mol. The normalized spacial score (nSPS) is 25.8. The molecule has 0 bridgehead atoms. The van der Waals surface area contributed by atoms with E-state index in [9.17, 15) is 19.8 Å². The number of aliphatic hydroxyl groups excluding tert-OH is 2. The van der Waals surface area contributed by atoms with Crippen LogP contribution in [0.25, 0.3) is 5.57 Å². The molecular weight excluding hydrogens is 442 g/mol. The van der Waals surface area contributed by atoms with Gasteiger partial charge in [0, 0.05) is 11.1 Å². The van der Waals surface area contributed by atoms with Crippen molar-refractivity contribution in [3.05, 3.63) is 34.0 Å². The summed E-state index contributed by atoms with van der Waals surface area (Å²) in [5, 5.41) is 22.1. The van der Waals surface area contributed by atoms with Crippen LogP contribution in [0.15, 0.2) is 17.2 Å². The van der Waals surface area contributed by atoms with Crippen LogP contribution in [0.2, 0.25) is 18.1 Å². The molecule has 9 nitrogen and oxygen atoms in total. The highest BCUT2D eigenvalue weighted by atomic mass is 28.4. The molecule has 10 heteroatoms. The standard InChI is InChI=1S/C23H37N3O6Si/c1-22(2,3)32-21(30)26-15(11-31-33(7,8)23(4,5)6)18(27)19(28)17(26)13-9-10-14-16(13)24-12-25-20(14)29/h9,12,15,17-19,27-28H,10-11H2,1-8H3,(H,24,25,29)/t15-,17+,18-,19+/m1/s1. The molecule has 1 amide bonds. The fourth-order valence-electron chi connectivity index (χ4n) is 3.97. The Hall–Kier alpha value is -2.01. The number of aliphatic hydroxyl groups is 2. The minimum Gasteiger partial charge on any atom is -0.444 e. The van der Waals surface area contributed by atoms with Crippen LogP contribution in [0.3, 0.4) is 0 Å². The number of fused-ring (bicyclic) bond motifs is 1. The quantitative estimate of drug-likeness (QED) is 0.567. The third kappa shape index (κ3) is 4.94. The first-order chi connectivity index (χ1) is 15.0. The second-order valence-electron chi connectivity index (χ2n) is 11.4. The van der Waals surface area contributed by atoms with Gasteiger partial charge < -0.3 is 24.4 Å². The number of likely N-dealkylation sites (tertiary alicyclic amines) is 1.